The van der Waals surface area contributed by atoms with Gasteiger partial charge in [0, 0.05) is 30.8 Å². The van der Waals surface area contributed by atoms with Crippen molar-refractivity contribution in [1.29, 1.82) is 0 Å². The number of anilines is 1. The molecule has 0 fully saturated rings. The van der Waals surface area contributed by atoms with Gasteiger partial charge >= 0.3 is 6.18 Å². The number of fused-ring (bicyclic) bond motifs is 1. The second-order valence-electron chi connectivity index (χ2n) is 7.51. The van der Waals surface area contributed by atoms with Crippen LogP contribution in [0.1, 0.15) is 35.5 Å². The van der Waals surface area contributed by atoms with Crippen molar-refractivity contribution in [3.05, 3.63) is 75.9 Å². The summed E-state index contributed by atoms with van der Waals surface area (Å²) < 4.78 is 72.5. The van der Waals surface area contributed by atoms with Gasteiger partial charge in [-0.25, -0.2) is 8.78 Å². The van der Waals surface area contributed by atoms with Gasteiger partial charge in [0.1, 0.15) is 17.4 Å². The zero-order chi connectivity index (χ0) is 26.5. The number of benzene rings is 2. The van der Waals surface area contributed by atoms with Gasteiger partial charge in [0.2, 0.25) is 0 Å². The number of hydrogen-bond acceptors (Lipinski definition) is 4. The molecular formula is C25H23ClF5N3O2. The minimum atomic E-state index is -4.71. The summed E-state index contributed by atoms with van der Waals surface area (Å²) in [6.07, 6.45) is -4.11. The SMILES string of the molecule is CC.O=C(Nc1c(F)cccc1Cl)c1cc(F)c(-c2ccc3c(n2)CCNC3)cc1OCC(F)(F)F. The summed E-state index contributed by atoms with van der Waals surface area (Å²) in [5.41, 5.74) is 0.751. The van der Waals surface area contributed by atoms with Gasteiger partial charge < -0.3 is 15.4 Å². The van der Waals surface area contributed by atoms with Gasteiger partial charge in [-0.05, 0) is 35.9 Å². The highest BCUT2D eigenvalue weighted by Gasteiger charge is 2.30. The molecule has 36 heavy (non-hydrogen) atoms. The van der Waals surface area contributed by atoms with Crippen molar-refractivity contribution in [1.82, 2.24) is 10.3 Å². The molecule has 0 unspecified atom stereocenters. The molecule has 0 aliphatic carbocycles. The third-order valence-electron chi connectivity index (χ3n) is 5.10. The molecule has 4 rings (SSSR count). The van der Waals surface area contributed by atoms with Crippen molar-refractivity contribution in [3.8, 4) is 17.0 Å². The van der Waals surface area contributed by atoms with E-state index < -0.39 is 47.3 Å². The third-order valence-corrected chi connectivity index (χ3v) is 5.42. The molecule has 2 aromatic carbocycles. The first kappa shape index (κ1) is 27.3. The van der Waals surface area contributed by atoms with Crippen molar-refractivity contribution >= 4 is 23.2 Å². The fourth-order valence-corrected chi connectivity index (χ4v) is 3.70. The second kappa shape index (κ2) is 11.7. The molecule has 3 aromatic rings. The van der Waals surface area contributed by atoms with Crippen molar-refractivity contribution < 1.29 is 31.5 Å². The monoisotopic (exact) mass is 527 g/mol. The molecule has 5 nitrogen and oxygen atoms in total. The lowest BCUT2D eigenvalue weighted by Crippen LogP contribution is -2.24. The van der Waals surface area contributed by atoms with Crippen LogP contribution in [0.25, 0.3) is 11.3 Å². The Morgan fingerprint density at radius 2 is 1.89 bits per heavy atom. The Kier molecular flexibility index (Phi) is 8.86. The molecule has 0 saturated heterocycles. The number of aromatic nitrogens is 1. The van der Waals surface area contributed by atoms with E-state index in [0.29, 0.717) is 19.5 Å². The summed E-state index contributed by atoms with van der Waals surface area (Å²) in [7, 11) is 0. The summed E-state index contributed by atoms with van der Waals surface area (Å²) in [5, 5.41) is 5.20. The highest BCUT2D eigenvalue weighted by molar-refractivity contribution is 6.34. The Morgan fingerprint density at radius 1 is 1.14 bits per heavy atom. The van der Waals surface area contributed by atoms with Crippen molar-refractivity contribution in [2.24, 2.45) is 0 Å². The number of carbonyl (C=O) groups is 1. The summed E-state index contributed by atoms with van der Waals surface area (Å²) >= 11 is 5.89. The first-order valence-electron chi connectivity index (χ1n) is 11.1. The molecule has 1 aliphatic heterocycles. The molecule has 2 N–H and O–H groups in total. The van der Waals surface area contributed by atoms with Crippen molar-refractivity contribution in [2.75, 3.05) is 18.5 Å². The molecule has 11 heteroatoms. The first-order valence-corrected chi connectivity index (χ1v) is 11.5. The van der Waals surface area contributed by atoms with Gasteiger partial charge in [0.05, 0.1) is 22.0 Å². The van der Waals surface area contributed by atoms with Crippen LogP contribution in [0.5, 0.6) is 5.75 Å². The molecule has 0 atom stereocenters. The molecule has 2 heterocycles. The van der Waals surface area contributed by atoms with E-state index >= 15 is 4.39 Å². The number of rotatable bonds is 5. The minimum Gasteiger partial charge on any atom is -0.483 e. The van der Waals surface area contributed by atoms with Crippen LogP contribution >= 0.6 is 11.6 Å². The molecule has 0 spiro atoms. The Hall–Kier alpha value is -3.24. The number of pyridine rings is 1. The molecule has 192 valence electrons. The number of para-hydroxylation sites is 1. The molecule has 1 aromatic heterocycles. The third kappa shape index (κ3) is 6.50. The quantitative estimate of drug-likeness (QED) is 0.370. The second-order valence-corrected chi connectivity index (χ2v) is 7.92. The van der Waals surface area contributed by atoms with E-state index in [1.807, 2.05) is 13.8 Å². The molecule has 0 bridgehead atoms. The van der Waals surface area contributed by atoms with Crippen LogP contribution in [0.4, 0.5) is 27.6 Å². The Balaban J connectivity index is 0.00000176. The zero-order valence-electron chi connectivity index (χ0n) is 19.4. The number of ether oxygens (including phenoxy) is 1. The summed E-state index contributed by atoms with van der Waals surface area (Å²) in [5.74, 6) is -3.42. The number of nitrogens with one attached hydrogen (secondary N) is 2. The predicted octanol–water partition coefficient (Wildman–Crippen LogP) is 6.55. The Bertz CT molecular complexity index is 1230. The van der Waals surface area contributed by atoms with Gasteiger partial charge in [-0.15, -0.1) is 0 Å². The van der Waals surface area contributed by atoms with Crippen LogP contribution in [0, 0.1) is 11.6 Å². The molecule has 1 amide bonds. The maximum Gasteiger partial charge on any atom is 0.422 e. The standard InChI is InChI=1S/C23H17ClF5N3O2.C2H6/c24-15-2-1-3-16(25)21(15)32-22(33)14-8-17(26)13(9-20(14)34-11-23(27,28)29)19-5-4-12-10-30-7-6-18(12)31-19;1-2/h1-5,8-9,30H,6-7,10-11H2,(H,32,33);1-2H3. The van der Waals surface area contributed by atoms with Crippen molar-refractivity contribution in [2.45, 2.75) is 33.0 Å². The fourth-order valence-electron chi connectivity index (χ4n) is 3.49. The smallest absolute Gasteiger partial charge is 0.422 e. The summed E-state index contributed by atoms with van der Waals surface area (Å²) in [4.78, 5) is 17.2. The van der Waals surface area contributed by atoms with E-state index in [2.05, 4.69) is 15.6 Å². The molecular weight excluding hydrogens is 505 g/mol. The average Bonchev–Trinajstić information content (AvgIpc) is 2.85. The van der Waals surface area contributed by atoms with Crippen LogP contribution in [0.2, 0.25) is 5.02 Å². The first-order chi connectivity index (χ1) is 17.1. The van der Waals surface area contributed by atoms with Crippen molar-refractivity contribution in [3.63, 3.8) is 0 Å². The zero-order valence-corrected chi connectivity index (χ0v) is 20.2. The van der Waals surface area contributed by atoms with E-state index in [4.69, 9.17) is 16.3 Å². The fraction of sp³-hybridized carbons (Fsp3) is 0.280. The van der Waals surface area contributed by atoms with Gasteiger partial charge in [-0.2, -0.15) is 13.2 Å². The highest BCUT2D eigenvalue weighted by Crippen LogP contribution is 2.33. The van der Waals surface area contributed by atoms with E-state index in [1.165, 1.54) is 18.2 Å². The van der Waals surface area contributed by atoms with Crippen LogP contribution in [0.15, 0.2) is 42.5 Å². The molecule has 1 aliphatic rings. The number of hydrogen-bond donors (Lipinski definition) is 2. The number of nitrogens with zero attached hydrogens (tertiary/aromatic N) is 1. The highest BCUT2D eigenvalue weighted by atomic mass is 35.5. The van der Waals surface area contributed by atoms with E-state index in [1.54, 1.807) is 6.07 Å². The molecule has 0 radical (unpaired) electrons. The van der Waals surface area contributed by atoms with Gasteiger partial charge in [-0.3, -0.25) is 9.78 Å². The lowest BCUT2D eigenvalue weighted by atomic mass is 10.0. The van der Waals surface area contributed by atoms with Gasteiger partial charge in [0.25, 0.3) is 5.91 Å². The average molecular weight is 528 g/mol. The van der Waals surface area contributed by atoms with Crippen LogP contribution in [-0.4, -0.2) is 30.2 Å². The summed E-state index contributed by atoms with van der Waals surface area (Å²) in [6, 6.07) is 8.65. The predicted molar refractivity (Wildman–Crippen MR) is 127 cm³/mol. The Labute approximate surface area is 209 Å². The number of carbonyl (C=O) groups excluding carboxylic acids is 1. The Morgan fingerprint density at radius 3 is 2.58 bits per heavy atom. The topological polar surface area (TPSA) is 63.2 Å². The minimum absolute atomic E-state index is 0.140. The van der Waals surface area contributed by atoms with Crippen LogP contribution in [-0.2, 0) is 13.0 Å². The molecule has 0 saturated carbocycles. The number of amides is 1. The maximum absolute atomic E-state index is 15.1. The van der Waals surface area contributed by atoms with Gasteiger partial charge in [0.15, 0.2) is 6.61 Å². The van der Waals surface area contributed by atoms with Crippen LogP contribution < -0.4 is 15.4 Å². The van der Waals surface area contributed by atoms with E-state index in [0.717, 1.165) is 29.5 Å². The summed E-state index contributed by atoms with van der Waals surface area (Å²) in [6.45, 7) is 3.56. The van der Waals surface area contributed by atoms with E-state index in [9.17, 15) is 22.4 Å². The lowest BCUT2D eigenvalue weighted by Gasteiger charge is -2.18. The van der Waals surface area contributed by atoms with E-state index in [-0.39, 0.29) is 16.3 Å². The largest absolute Gasteiger partial charge is 0.483 e. The van der Waals surface area contributed by atoms with Gasteiger partial charge in [-0.1, -0.05) is 37.6 Å². The number of alkyl halides is 3. The lowest BCUT2D eigenvalue weighted by molar-refractivity contribution is -0.153. The van der Waals surface area contributed by atoms with Crippen LogP contribution in [0.3, 0.4) is 0 Å². The normalized spacial score (nSPS) is 12.8. The maximum atomic E-state index is 15.1. The number of halogens is 6.